The molecule has 0 aromatic heterocycles. The first kappa shape index (κ1) is 27.9. The number of ketones is 1. The first-order chi connectivity index (χ1) is 19.4. The van der Waals surface area contributed by atoms with Crippen LogP contribution in [-0.4, -0.2) is 85.6 Å². The van der Waals surface area contributed by atoms with Crippen LogP contribution >= 0.6 is 0 Å². The largest absolute Gasteiger partial charge is 0.507 e. The molecule has 9 nitrogen and oxygen atoms in total. The fourth-order valence-electron chi connectivity index (χ4n) is 6.15. The van der Waals surface area contributed by atoms with Crippen molar-refractivity contribution in [1.29, 1.82) is 0 Å². The number of aryl methyl sites for hydroxylation is 1. The van der Waals surface area contributed by atoms with E-state index in [0.29, 0.717) is 55.3 Å². The molecule has 1 N–H and O–H groups in total. The third-order valence-corrected chi connectivity index (χ3v) is 8.17. The van der Waals surface area contributed by atoms with Gasteiger partial charge < -0.3 is 24.4 Å². The van der Waals surface area contributed by atoms with Crippen LogP contribution in [0.4, 0.5) is 5.69 Å². The second-order valence-electron chi connectivity index (χ2n) is 10.5. The number of carbonyl (C=O) groups is 3. The highest BCUT2D eigenvalue weighted by Crippen LogP contribution is 2.53. The van der Waals surface area contributed by atoms with Crippen molar-refractivity contribution in [3.8, 4) is 5.75 Å². The molecule has 5 rings (SSSR count). The van der Waals surface area contributed by atoms with Gasteiger partial charge in [-0.25, -0.2) is 0 Å². The van der Waals surface area contributed by atoms with E-state index in [0.717, 1.165) is 31.5 Å². The minimum atomic E-state index is -1.73. The first-order valence-corrected chi connectivity index (χ1v) is 14.0. The van der Waals surface area contributed by atoms with Gasteiger partial charge in [0.2, 0.25) is 0 Å². The Balaban J connectivity index is 1.65. The van der Waals surface area contributed by atoms with Crippen molar-refractivity contribution in [2.45, 2.75) is 38.6 Å². The molecule has 3 aliphatic heterocycles. The summed E-state index contributed by atoms with van der Waals surface area (Å²) < 4.78 is 10.8. The number of fused-ring (bicyclic) bond motifs is 2. The van der Waals surface area contributed by atoms with Gasteiger partial charge in [-0.05, 0) is 49.6 Å². The van der Waals surface area contributed by atoms with Crippen molar-refractivity contribution < 1.29 is 29.0 Å². The molecule has 40 heavy (non-hydrogen) atoms. The summed E-state index contributed by atoms with van der Waals surface area (Å²) in [6.07, 6.45) is 2.21. The fraction of sp³-hybridized carbons (Fsp3) is 0.452. The highest BCUT2D eigenvalue weighted by molar-refractivity contribution is 6.50. The Morgan fingerprint density at radius 1 is 1.02 bits per heavy atom. The molecule has 9 heteroatoms. The van der Waals surface area contributed by atoms with Gasteiger partial charge >= 0.3 is 0 Å². The van der Waals surface area contributed by atoms with Crippen LogP contribution < -0.4 is 9.64 Å². The van der Waals surface area contributed by atoms with Gasteiger partial charge in [0.05, 0.1) is 31.6 Å². The molecule has 0 radical (unpaired) electrons. The second kappa shape index (κ2) is 11.4. The van der Waals surface area contributed by atoms with Crippen LogP contribution in [0.3, 0.4) is 0 Å². The highest BCUT2D eigenvalue weighted by Gasteiger charge is 2.66. The van der Waals surface area contributed by atoms with Crippen molar-refractivity contribution in [3.05, 3.63) is 64.7 Å². The standard InChI is InChI=1S/C31H37N3O6/c1-4-5-14-33-24-10-7-6-9-23(24)31(30(33)38)26(27(35)22-11-12-25(39-3)21(2)20-22)28(36)29(37)34(31)15-8-13-32-16-18-40-19-17-32/h6-7,9-12,20,35H,4-5,8,13-19H2,1-3H3. The molecule has 2 fully saturated rings. The van der Waals surface area contributed by atoms with Crippen molar-refractivity contribution >= 4 is 29.0 Å². The van der Waals surface area contributed by atoms with Crippen LogP contribution in [0.25, 0.3) is 5.76 Å². The van der Waals surface area contributed by atoms with Crippen molar-refractivity contribution in [3.63, 3.8) is 0 Å². The number of carbonyl (C=O) groups excluding carboxylic acids is 3. The molecular weight excluding hydrogens is 510 g/mol. The van der Waals surface area contributed by atoms with Gasteiger partial charge in [0.1, 0.15) is 11.5 Å². The number of hydrogen-bond donors (Lipinski definition) is 1. The molecule has 1 atom stereocenters. The van der Waals surface area contributed by atoms with Gasteiger partial charge in [-0.15, -0.1) is 0 Å². The predicted molar refractivity (Wildman–Crippen MR) is 151 cm³/mol. The van der Waals surface area contributed by atoms with E-state index in [1.54, 1.807) is 36.3 Å². The van der Waals surface area contributed by atoms with Gasteiger partial charge in [0.25, 0.3) is 17.6 Å². The van der Waals surface area contributed by atoms with E-state index in [-0.39, 0.29) is 23.8 Å². The topological polar surface area (TPSA) is 99.6 Å². The number of aliphatic hydroxyl groups excluding tert-OH is 1. The minimum absolute atomic E-state index is 0.176. The number of methoxy groups -OCH3 is 1. The number of anilines is 1. The lowest BCUT2D eigenvalue weighted by atomic mass is 9.81. The maximum absolute atomic E-state index is 14.6. The molecule has 1 unspecified atom stereocenters. The van der Waals surface area contributed by atoms with E-state index in [1.807, 2.05) is 32.0 Å². The summed E-state index contributed by atoms with van der Waals surface area (Å²) in [5.41, 5.74) is 0.405. The number of Topliss-reactive ketones (excluding diaryl/α,β-unsaturated/α-hetero) is 1. The number of benzene rings is 2. The van der Waals surface area contributed by atoms with Crippen LogP contribution in [0.5, 0.6) is 5.75 Å². The Bertz CT molecular complexity index is 1350. The Morgan fingerprint density at radius 2 is 1.77 bits per heavy atom. The number of para-hydroxylation sites is 1. The number of nitrogens with zero attached hydrogens (tertiary/aromatic N) is 3. The van der Waals surface area contributed by atoms with Gasteiger partial charge in [0, 0.05) is 43.9 Å². The van der Waals surface area contributed by atoms with Gasteiger partial charge in [-0.1, -0.05) is 31.5 Å². The molecule has 2 saturated heterocycles. The van der Waals surface area contributed by atoms with Crippen molar-refractivity contribution in [2.75, 3.05) is 57.9 Å². The van der Waals surface area contributed by atoms with Crippen LogP contribution in [0.2, 0.25) is 0 Å². The smallest absolute Gasteiger partial charge is 0.296 e. The molecule has 0 aliphatic carbocycles. The van der Waals surface area contributed by atoms with Gasteiger partial charge in [0.15, 0.2) is 5.54 Å². The van der Waals surface area contributed by atoms with Crippen LogP contribution in [0, 0.1) is 6.92 Å². The molecule has 2 aromatic rings. The van der Waals surface area contributed by atoms with Crippen LogP contribution in [0.1, 0.15) is 42.9 Å². The molecule has 3 aliphatic rings. The highest BCUT2D eigenvalue weighted by atomic mass is 16.5. The van der Waals surface area contributed by atoms with Crippen LogP contribution in [-0.2, 0) is 24.7 Å². The fourth-order valence-corrected chi connectivity index (χ4v) is 6.15. The van der Waals surface area contributed by atoms with Crippen LogP contribution in [0.15, 0.2) is 48.0 Å². The zero-order chi connectivity index (χ0) is 28.4. The number of aliphatic hydroxyl groups is 1. The molecule has 2 amide bonds. The molecular formula is C31H37N3O6. The van der Waals surface area contributed by atoms with E-state index in [1.165, 1.54) is 4.90 Å². The van der Waals surface area contributed by atoms with E-state index in [4.69, 9.17) is 9.47 Å². The maximum atomic E-state index is 14.6. The molecule has 2 aromatic carbocycles. The normalized spacial score (nSPS) is 22.4. The lowest BCUT2D eigenvalue weighted by molar-refractivity contribution is -0.143. The Morgan fingerprint density at radius 3 is 2.48 bits per heavy atom. The zero-order valence-electron chi connectivity index (χ0n) is 23.4. The maximum Gasteiger partial charge on any atom is 0.296 e. The van der Waals surface area contributed by atoms with Crippen molar-refractivity contribution in [1.82, 2.24) is 9.80 Å². The number of unbranched alkanes of at least 4 members (excludes halogenated alkanes) is 1. The van der Waals surface area contributed by atoms with E-state index in [2.05, 4.69) is 4.90 Å². The predicted octanol–water partition coefficient (Wildman–Crippen LogP) is 3.45. The van der Waals surface area contributed by atoms with Gasteiger partial charge in [-0.2, -0.15) is 0 Å². The Labute approximate surface area is 235 Å². The number of rotatable bonds is 9. The van der Waals surface area contributed by atoms with E-state index >= 15 is 0 Å². The molecule has 1 spiro atoms. The third-order valence-electron chi connectivity index (χ3n) is 8.17. The van der Waals surface area contributed by atoms with E-state index < -0.39 is 17.2 Å². The molecule has 3 heterocycles. The lowest BCUT2D eigenvalue weighted by Crippen LogP contribution is -2.52. The summed E-state index contributed by atoms with van der Waals surface area (Å²) in [7, 11) is 1.56. The summed E-state index contributed by atoms with van der Waals surface area (Å²) in [6, 6.07) is 12.3. The Hall–Kier alpha value is -3.69. The number of ether oxygens (including phenoxy) is 2. The van der Waals surface area contributed by atoms with Crippen molar-refractivity contribution in [2.24, 2.45) is 0 Å². The quantitative estimate of drug-likeness (QED) is 0.292. The summed E-state index contributed by atoms with van der Waals surface area (Å²) in [5, 5.41) is 11.7. The number of hydrogen-bond acceptors (Lipinski definition) is 7. The number of amides is 2. The van der Waals surface area contributed by atoms with E-state index in [9.17, 15) is 19.5 Å². The average molecular weight is 548 g/mol. The molecule has 0 bridgehead atoms. The number of morpholine rings is 1. The zero-order valence-corrected chi connectivity index (χ0v) is 23.4. The first-order valence-electron chi connectivity index (χ1n) is 14.0. The second-order valence-corrected chi connectivity index (χ2v) is 10.5. The molecule has 0 saturated carbocycles. The molecule has 212 valence electrons. The average Bonchev–Trinajstić information content (AvgIpc) is 3.34. The van der Waals surface area contributed by atoms with Gasteiger partial charge in [-0.3, -0.25) is 19.3 Å². The summed E-state index contributed by atoms with van der Waals surface area (Å²) in [4.78, 5) is 47.4. The lowest BCUT2D eigenvalue weighted by Gasteiger charge is -2.35. The summed E-state index contributed by atoms with van der Waals surface area (Å²) in [5.74, 6) is -1.73. The minimum Gasteiger partial charge on any atom is -0.507 e. The monoisotopic (exact) mass is 547 g/mol. The SMILES string of the molecule is CCCCN1C(=O)C2(C(=C(O)c3ccc(OC)c(C)c3)C(=O)C(=O)N2CCCN2CCOCC2)c2ccccc21. The third kappa shape index (κ3) is 4.47. The summed E-state index contributed by atoms with van der Waals surface area (Å²) in [6.45, 7) is 8.15. The summed E-state index contributed by atoms with van der Waals surface area (Å²) >= 11 is 0. The Kier molecular flexibility index (Phi) is 7.96. The number of likely N-dealkylation sites (tertiary alicyclic amines) is 1.